The Kier molecular flexibility index (Phi) is 3.89. The summed E-state index contributed by atoms with van der Waals surface area (Å²) in [5, 5.41) is 5.61. The van der Waals surface area contributed by atoms with Gasteiger partial charge in [-0.15, -0.1) is 11.3 Å². The number of fused-ring (bicyclic) bond motifs is 1. The minimum absolute atomic E-state index is 0.540. The number of hydrogen-bond donors (Lipinski definition) is 1. The van der Waals surface area contributed by atoms with Crippen molar-refractivity contribution in [2.24, 2.45) is 0 Å². The maximum Gasteiger partial charge on any atom is 0.194 e. The fourth-order valence-electron chi connectivity index (χ4n) is 1.73. The Morgan fingerprint density at radius 3 is 3.19 bits per heavy atom. The van der Waals surface area contributed by atoms with Crippen molar-refractivity contribution in [3.05, 3.63) is 23.0 Å². The molecule has 5 heteroatoms. The number of nitrogens with zero attached hydrogens (tertiary/aromatic N) is 2. The van der Waals surface area contributed by atoms with Crippen LogP contribution in [0.4, 0.5) is 0 Å². The number of thiazole rings is 1. The van der Waals surface area contributed by atoms with E-state index in [0.717, 1.165) is 23.0 Å². The first kappa shape index (κ1) is 12.0. The van der Waals surface area contributed by atoms with Crippen molar-refractivity contribution >= 4 is 28.1 Å². The Balaban J connectivity index is 2.08. The Morgan fingerprint density at radius 2 is 2.44 bits per heavy atom. The topological polar surface area (TPSA) is 29.3 Å². The lowest BCUT2D eigenvalue weighted by atomic mass is 10.3. The smallest absolute Gasteiger partial charge is 0.194 e. The van der Waals surface area contributed by atoms with E-state index in [1.807, 2.05) is 11.8 Å². The molecule has 2 heterocycles. The molecule has 0 aliphatic heterocycles. The number of aromatic nitrogens is 2. The van der Waals surface area contributed by atoms with Gasteiger partial charge in [0.05, 0.1) is 11.4 Å². The highest BCUT2D eigenvalue weighted by Crippen LogP contribution is 2.16. The van der Waals surface area contributed by atoms with E-state index in [-0.39, 0.29) is 0 Å². The fourth-order valence-corrected chi connectivity index (χ4v) is 3.13. The van der Waals surface area contributed by atoms with E-state index < -0.39 is 0 Å². The van der Waals surface area contributed by atoms with E-state index in [0.29, 0.717) is 6.04 Å². The summed E-state index contributed by atoms with van der Waals surface area (Å²) in [7, 11) is 0. The number of nitrogens with one attached hydrogen (secondary N) is 1. The van der Waals surface area contributed by atoms with Crippen molar-refractivity contribution in [3.63, 3.8) is 0 Å². The molecule has 1 atom stereocenters. The number of aryl methyl sites for hydroxylation is 1. The summed E-state index contributed by atoms with van der Waals surface area (Å²) >= 11 is 3.56. The molecule has 0 spiro atoms. The summed E-state index contributed by atoms with van der Waals surface area (Å²) in [6.45, 7) is 5.19. The van der Waals surface area contributed by atoms with Crippen LogP contribution in [0.25, 0.3) is 4.96 Å². The highest BCUT2D eigenvalue weighted by atomic mass is 32.2. The van der Waals surface area contributed by atoms with Gasteiger partial charge in [-0.1, -0.05) is 0 Å². The lowest BCUT2D eigenvalue weighted by molar-refractivity contribution is 0.585. The van der Waals surface area contributed by atoms with Crippen LogP contribution >= 0.6 is 23.1 Å². The van der Waals surface area contributed by atoms with Gasteiger partial charge in [0.2, 0.25) is 0 Å². The Labute approximate surface area is 104 Å². The summed E-state index contributed by atoms with van der Waals surface area (Å²) in [4.78, 5) is 5.62. The zero-order valence-corrected chi connectivity index (χ0v) is 11.5. The molecule has 2 aromatic rings. The largest absolute Gasteiger partial charge is 0.308 e. The number of imidazole rings is 1. The maximum absolute atomic E-state index is 4.53. The first-order valence-electron chi connectivity index (χ1n) is 5.35. The van der Waals surface area contributed by atoms with Gasteiger partial charge < -0.3 is 5.32 Å². The molecule has 88 valence electrons. The van der Waals surface area contributed by atoms with Crippen LogP contribution in [0, 0.1) is 6.92 Å². The van der Waals surface area contributed by atoms with E-state index in [1.54, 1.807) is 11.3 Å². The Bertz CT molecular complexity index is 461. The quantitative estimate of drug-likeness (QED) is 0.890. The zero-order valence-electron chi connectivity index (χ0n) is 9.86. The van der Waals surface area contributed by atoms with E-state index in [1.165, 1.54) is 5.69 Å². The average molecular weight is 255 g/mol. The molecule has 0 bridgehead atoms. The van der Waals surface area contributed by atoms with Gasteiger partial charge in [-0.3, -0.25) is 4.40 Å². The van der Waals surface area contributed by atoms with Gasteiger partial charge in [0, 0.05) is 29.9 Å². The predicted octanol–water partition coefficient (Wildman–Crippen LogP) is 2.55. The molecule has 0 aromatic carbocycles. The molecule has 0 saturated heterocycles. The molecule has 16 heavy (non-hydrogen) atoms. The Hall–Kier alpha value is -0.520. The van der Waals surface area contributed by atoms with E-state index in [2.05, 4.69) is 46.4 Å². The van der Waals surface area contributed by atoms with Crippen molar-refractivity contribution in [3.8, 4) is 0 Å². The standard InChI is InChI=1S/C11H17N3S2/c1-8(7-15-3)12-6-10-9(2)13-11-14(10)4-5-16-11/h4-5,8,12H,6-7H2,1-3H3. The first-order valence-corrected chi connectivity index (χ1v) is 7.63. The molecule has 0 radical (unpaired) electrons. The first-order chi connectivity index (χ1) is 7.72. The molecule has 1 unspecified atom stereocenters. The van der Waals surface area contributed by atoms with Gasteiger partial charge in [-0.2, -0.15) is 11.8 Å². The fraction of sp³-hybridized carbons (Fsp3) is 0.545. The van der Waals surface area contributed by atoms with Gasteiger partial charge in [-0.25, -0.2) is 4.98 Å². The number of thioether (sulfide) groups is 1. The lowest BCUT2D eigenvalue weighted by Gasteiger charge is -2.12. The SMILES string of the molecule is CSCC(C)NCc1c(C)nc2sccn12. The zero-order chi connectivity index (χ0) is 11.5. The summed E-state index contributed by atoms with van der Waals surface area (Å²) in [5.74, 6) is 1.14. The van der Waals surface area contributed by atoms with Crippen LogP contribution in [0.3, 0.4) is 0 Å². The molecule has 2 aromatic heterocycles. The second kappa shape index (κ2) is 5.21. The third-order valence-electron chi connectivity index (χ3n) is 2.60. The second-order valence-electron chi connectivity index (χ2n) is 3.94. The molecular weight excluding hydrogens is 238 g/mol. The molecule has 0 aliphatic carbocycles. The normalized spacial score (nSPS) is 13.4. The highest BCUT2D eigenvalue weighted by molar-refractivity contribution is 7.98. The van der Waals surface area contributed by atoms with E-state index in [4.69, 9.17) is 0 Å². The molecule has 0 fully saturated rings. The molecule has 1 N–H and O–H groups in total. The van der Waals surface area contributed by atoms with Crippen molar-refractivity contribution in [1.82, 2.24) is 14.7 Å². The number of rotatable bonds is 5. The van der Waals surface area contributed by atoms with Crippen LogP contribution in [0.5, 0.6) is 0 Å². The van der Waals surface area contributed by atoms with Crippen LogP contribution in [-0.4, -0.2) is 27.4 Å². The summed E-state index contributed by atoms with van der Waals surface area (Å²) < 4.78 is 2.18. The summed E-state index contributed by atoms with van der Waals surface area (Å²) in [5.41, 5.74) is 2.42. The van der Waals surface area contributed by atoms with Crippen molar-refractivity contribution in [2.75, 3.05) is 12.0 Å². The van der Waals surface area contributed by atoms with Crippen LogP contribution in [0.1, 0.15) is 18.3 Å². The van der Waals surface area contributed by atoms with Gasteiger partial charge in [0.1, 0.15) is 0 Å². The molecule has 0 aliphatic rings. The second-order valence-corrected chi connectivity index (χ2v) is 5.72. The Morgan fingerprint density at radius 1 is 1.62 bits per heavy atom. The van der Waals surface area contributed by atoms with Crippen molar-refractivity contribution in [2.45, 2.75) is 26.4 Å². The van der Waals surface area contributed by atoms with Crippen LogP contribution in [0.15, 0.2) is 11.6 Å². The molecular formula is C11H17N3S2. The third kappa shape index (κ3) is 2.42. The maximum atomic E-state index is 4.53. The van der Waals surface area contributed by atoms with Gasteiger partial charge in [0.15, 0.2) is 4.96 Å². The monoisotopic (exact) mass is 255 g/mol. The van der Waals surface area contributed by atoms with Gasteiger partial charge in [0.25, 0.3) is 0 Å². The minimum Gasteiger partial charge on any atom is -0.308 e. The number of hydrogen-bond acceptors (Lipinski definition) is 4. The van der Waals surface area contributed by atoms with E-state index in [9.17, 15) is 0 Å². The molecule has 3 nitrogen and oxygen atoms in total. The predicted molar refractivity (Wildman–Crippen MR) is 72.5 cm³/mol. The molecule has 2 rings (SSSR count). The molecule has 0 amide bonds. The van der Waals surface area contributed by atoms with Gasteiger partial charge in [-0.05, 0) is 20.1 Å². The average Bonchev–Trinajstić information content (AvgIpc) is 2.76. The van der Waals surface area contributed by atoms with Crippen LogP contribution < -0.4 is 5.32 Å². The lowest BCUT2D eigenvalue weighted by Crippen LogP contribution is -2.28. The van der Waals surface area contributed by atoms with E-state index >= 15 is 0 Å². The van der Waals surface area contributed by atoms with Crippen LogP contribution in [-0.2, 0) is 6.54 Å². The van der Waals surface area contributed by atoms with Crippen molar-refractivity contribution < 1.29 is 0 Å². The van der Waals surface area contributed by atoms with Crippen LogP contribution in [0.2, 0.25) is 0 Å². The highest BCUT2D eigenvalue weighted by Gasteiger charge is 2.10. The van der Waals surface area contributed by atoms with Gasteiger partial charge >= 0.3 is 0 Å². The summed E-state index contributed by atoms with van der Waals surface area (Å²) in [6, 6.07) is 0.540. The third-order valence-corrected chi connectivity index (χ3v) is 4.19. The van der Waals surface area contributed by atoms with Crippen molar-refractivity contribution in [1.29, 1.82) is 0 Å². The minimum atomic E-state index is 0.540. The molecule has 0 saturated carbocycles. The summed E-state index contributed by atoms with van der Waals surface area (Å²) in [6.07, 6.45) is 4.23.